The summed E-state index contributed by atoms with van der Waals surface area (Å²) < 4.78 is 33.6. The molecule has 1 saturated heterocycles. The molecule has 0 aliphatic carbocycles. The lowest BCUT2D eigenvalue weighted by atomic mass is 10.1. The fourth-order valence-electron chi connectivity index (χ4n) is 4.34. The van der Waals surface area contributed by atoms with E-state index < -0.39 is 15.6 Å². The van der Waals surface area contributed by atoms with Crippen molar-refractivity contribution in [1.29, 1.82) is 0 Å². The van der Waals surface area contributed by atoms with Gasteiger partial charge in [0.05, 0.1) is 11.4 Å². The van der Waals surface area contributed by atoms with E-state index >= 15 is 0 Å². The molecule has 1 fully saturated rings. The lowest BCUT2D eigenvalue weighted by molar-refractivity contribution is 0.260. The van der Waals surface area contributed by atoms with Gasteiger partial charge >= 0.3 is 0 Å². The van der Waals surface area contributed by atoms with Crippen LogP contribution in [0.3, 0.4) is 0 Å². The lowest BCUT2D eigenvalue weighted by Gasteiger charge is -2.31. The molecule has 1 atom stereocenters. The number of nitrogens with one attached hydrogen (secondary N) is 1. The van der Waals surface area contributed by atoms with Crippen LogP contribution in [0.1, 0.15) is 18.9 Å². The Morgan fingerprint density at radius 1 is 1.11 bits per heavy atom. The number of hydrogen-bond acceptors (Lipinski definition) is 7. The summed E-state index contributed by atoms with van der Waals surface area (Å²) in [5.41, 5.74) is 7.21. The molecule has 11 heteroatoms. The molecule has 0 bridgehead atoms. The monoisotopic (exact) mass is 492 g/mol. The number of sulfonamides is 1. The molecule has 35 heavy (non-hydrogen) atoms. The first-order valence-corrected chi connectivity index (χ1v) is 12.6. The number of fused-ring (bicyclic) bond motifs is 1. The zero-order chi connectivity index (χ0) is 24.6. The third-order valence-corrected chi connectivity index (χ3v) is 7.51. The Bertz CT molecular complexity index is 1540. The van der Waals surface area contributed by atoms with Crippen LogP contribution in [0.2, 0.25) is 0 Å². The molecule has 0 spiro atoms. The van der Waals surface area contributed by atoms with Gasteiger partial charge < -0.3 is 10.5 Å². The molecule has 1 unspecified atom stereocenters. The number of piperidine rings is 1. The van der Waals surface area contributed by atoms with E-state index in [9.17, 15) is 13.2 Å². The Kier molecular flexibility index (Phi) is 5.87. The van der Waals surface area contributed by atoms with Crippen molar-refractivity contribution in [2.45, 2.75) is 18.9 Å². The van der Waals surface area contributed by atoms with Gasteiger partial charge in [0.2, 0.25) is 10.0 Å². The number of ether oxygens (including phenoxy) is 1. The second kappa shape index (κ2) is 9.01. The van der Waals surface area contributed by atoms with Crippen molar-refractivity contribution in [1.82, 2.24) is 24.3 Å². The fourth-order valence-corrected chi connectivity index (χ4v) is 5.32. The number of rotatable bonds is 6. The fraction of sp³-hybridized carbons (Fsp3) is 0.208. The molecular formula is C24H24N6O4S. The summed E-state index contributed by atoms with van der Waals surface area (Å²) in [6, 6.07) is 16.4. The van der Waals surface area contributed by atoms with E-state index in [1.165, 1.54) is 4.31 Å². The van der Waals surface area contributed by atoms with Crippen LogP contribution >= 0.6 is 0 Å². The van der Waals surface area contributed by atoms with Gasteiger partial charge in [0.15, 0.2) is 5.82 Å². The molecule has 0 amide bonds. The number of aromatic nitrogens is 4. The van der Waals surface area contributed by atoms with E-state index in [-0.39, 0.29) is 23.9 Å². The second-order valence-electron chi connectivity index (χ2n) is 8.26. The third kappa shape index (κ3) is 4.31. The van der Waals surface area contributed by atoms with Crippen LogP contribution in [-0.2, 0) is 10.0 Å². The van der Waals surface area contributed by atoms with Crippen molar-refractivity contribution in [2.24, 2.45) is 0 Å². The van der Waals surface area contributed by atoms with Crippen LogP contribution in [0.15, 0.2) is 71.4 Å². The first-order valence-electron chi connectivity index (χ1n) is 11.1. The molecule has 2 aromatic heterocycles. The Morgan fingerprint density at radius 2 is 1.83 bits per heavy atom. The Hall–Kier alpha value is -3.96. The number of anilines is 1. The molecule has 180 valence electrons. The van der Waals surface area contributed by atoms with E-state index in [2.05, 4.69) is 16.8 Å². The van der Waals surface area contributed by atoms with Gasteiger partial charge in [0, 0.05) is 24.1 Å². The zero-order valence-corrected chi connectivity index (χ0v) is 19.6. The van der Waals surface area contributed by atoms with Crippen molar-refractivity contribution in [2.75, 3.05) is 18.8 Å². The molecule has 3 heterocycles. The van der Waals surface area contributed by atoms with Crippen LogP contribution in [0.5, 0.6) is 11.5 Å². The highest BCUT2D eigenvalue weighted by molar-refractivity contribution is 7.92. The summed E-state index contributed by atoms with van der Waals surface area (Å²) >= 11 is 0. The molecule has 4 aromatic rings. The summed E-state index contributed by atoms with van der Waals surface area (Å²) in [4.78, 5) is 12.8. The summed E-state index contributed by atoms with van der Waals surface area (Å²) in [5, 5.41) is 12.5. The number of nitrogen functional groups attached to an aromatic ring is 1. The molecule has 3 N–H and O–H groups in total. The van der Waals surface area contributed by atoms with E-state index in [4.69, 9.17) is 15.6 Å². The molecule has 1 aliphatic heterocycles. The average Bonchev–Trinajstić information content (AvgIpc) is 3.30. The van der Waals surface area contributed by atoms with Crippen molar-refractivity contribution < 1.29 is 13.2 Å². The number of H-pyrrole nitrogens is 1. The first-order chi connectivity index (χ1) is 16.9. The Balaban J connectivity index is 1.56. The minimum Gasteiger partial charge on any atom is -0.457 e. The highest BCUT2D eigenvalue weighted by Crippen LogP contribution is 2.34. The topological polar surface area (TPSA) is 136 Å². The highest BCUT2D eigenvalue weighted by Gasteiger charge is 2.31. The van der Waals surface area contributed by atoms with E-state index in [0.29, 0.717) is 42.0 Å². The summed E-state index contributed by atoms with van der Waals surface area (Å²) in [6.45, 7) is 3.98. The number of aromatic amines is 1. The number of para-hydroxylation sites is 1. The van der Waals surface area contributed by atoms with E-state index in [1.807, 2.05) is 54.6 Å². The SMILES string of the molecule is C=CS(=O)(=O)N1CCCC(n2nc(-c3ccc(Oc4ccccc4)cc3)c3c(N)n[nH]c(=O)c32)C1. The molecule has 0 radical (unpaired) electrons. The minimum absolute atomic E-state index is 0.136. The summed E-state index contributed by atoms with van der Waals surface area (Å²) in [5.74, 6) is 1.49. The number of benzene rings is 2. The van der Waals surface area contributed by atoms with Gasteiger partial charge in [-0.15, -0.1) is 0 Å². The van der Waals surface area contributed by atoms with Crippen LogP contribution in [-0.4, -0.2) is 45.8 Å². The molecule has 5 rings (SSSR count). The predicted octanol–water partition coefficient (Wildman–Crippen LogP) is 3.27. The summed E-state index contributed by atoms with van der Waals surface area (Å²) in [6.07, 6.45) is 1.28. The first kappa shape index (κ1) is 22.8. The van der Waals surface area contributed by atoms with E-state index in [1.54, 1.807) is 4.68 Å². The quantitative estimate of drug-likeness (QED) is 0.421. The normalized spacial score (nSPS) is 16.9. The maximum absolute atomic E-state index is 12.8. The highest BCUT2D eigenvalue weighted by atomic mass is 32.2. The van der Waals surface area contributed by atoms with Gasteiger partial charge in [-0.2, -0.15) is 14.5 Å². The van der Waals surface area contributed by atoms with Gasteiger partial charge in [0.25, 0.3) is 5.56 Å². The van der Waals surface area contributed by atoms with Crippen molar-refractivity contribution in [3.63, 3.8) is 0 Å². The van der Waals surface area contributed by atoms with Crippen molar-refractivity contribution >= 4 is 26.7 Å². The number of nitrogens with two attached hydrogens (primary N) is 1. The number of nitrogens with zero attached hydrogens (tertiary/aromatic N) is 4. The molecular weight excluding hydrogens is 468 g/mol. The Morgan fingerprint density at radius 3 is 2.54 bits per heavy atom. The zero-order valence-electron chi connectivity index (χ0n) is 18.8. The largest absolute Gasteiger partial charge is 0.457 e. The van der Waals surface area contributed by atoms with Crippen LogP contribution in [0.25, 0.3) is 22.2 Å². The molecule has 10 nitrogen and oxygen atoms in total. The second-order valence-corrected chi connectivity index (χ2v) is 10.1. The van der Waals surface area contributed by atoms with Crippen molar-refractivity contribution in [3.05, 3.63) is 76.9 Å². The minimum atomic E-state index is -3.59. The van der Waals surface area contributed by atoms with Gasteiger partial charge in [-0.25, -0.2) is 13.5 Å². The van der Waals surface area contributed by atoms with Crippen molar-refractivity contribution in [3.8, 4) is 22.8 Å². The van der Waals surface area contributed by atoms with Crippen LogP contribution < -0.4 is 16.0 Å². The van der Waals surface area contributed by atoms with Gasteiger partial charge in [-0.1, -0.05) is 24.8 Å². The summed E-state index contributed by atoms with van der Waals surface area (Å²) in [7, 11) is -3.59. The van der Waals surface area contributed by atoms with Crippen LogP contribution in [0.4, 0.5) is 5.82 Å². The number of hydrogen-bond donors (Lipinski definition) is 2. The van der Waals surface area contributed by atoms with Gasteiger partial charge in [0.1, 0.15) is 22.7 Å². The molecule has 2 aromatic carbocycles. The molecule has 0 saturated carbocycles. The third-order valence-electron chi connectivity index (χ3n) is 6.04. The standard InChI is InChI=1S/C24H24N6O4S/c1-2-35(32,33)29-14-6-7-17(15-29)30-22-20(23(25)26-27-24(22)31)21(28-30)16-10-12-19(13-11-16)34-18-8-4-3-5-9-18/h2-5,8-13,17H,1,6-7,14-15H2,(H2,25,26)(H,27,31). The smallest absolute Gasteiger partial charge is 0.290 e. The predicted molar refractivity (Wildman–Crippen MR) is 133 cm³/mol. The van der Waals surface area contributed by atoms with E-state index in [0.717, 1.165) is 11.0 Å². The average molecular weight is 493 g/mol. The maximum atomic E-state index is 12.8. The van der Waals surface area contributed by atoms with Gasteiger partial charge in [-0.3, -0.25) is 9.48 Å². The van der Waals surface area contributed by atoms with Gasteiger partial charge in [-0.05, 0) is 49.2 Å². The Labute approximate surface area is 201 Å². The lowest BCUT2D eigenvalue weighted by Crippen LogP contribution is -2.40. The van der Waals surface area contributed by atoms with Crippen LogP contribution in [0, 0.1) is 0 Å². The molecule has 1 aliphatic rings. The maximum Gasteiger partial charge on any atom is 0.290 e.